The second kappa shape index (κ2) is 4.88. The van der Waals surface area contributed by atoms with E-state index in [1.165, 1.54) is 33.3 Å². The molecule has 3 nitrogen and oxygen atoms in total. The van der Waals surface area contributed by atoms with E-state index in [1.54, 1.807) is 0 Å². The van der Waals surface area contributed by atoms with Crippen LogP contribution >= 0.6 is 0 Å². The molecule has 0 spiro atoms. The van der Waals surface area contributed by atoms with Gasteiger partial charge < -0.3 is 4.90 Å². The van der Waals surface area contributed by atoms with Crippen molar-refractivity contribution in [1.29, 1.82) is 5.26 Å². The molecule has 0 aliphatic carbocycles. The highest BCUT2D eigenvalue weighted by Gasteiger charge is 2.21. The minimum Gasteiger partial charge on any atom is -0.302 e. The van der Waals surface area contributed by atoms with Gasteiger partial charge in [-0.05, 0) is 49.2 Å². The molecule has 0 amide bonds. The van der Waals surface area contributed by atoms with Gasteiger partial charge in [-0.3, -0.25) is 4.98 Å². The fourth-order valence-electron chi connectivity index (χ4n) is 3.28. The molecule has 0 fully saturated rings. The molecular formula is C17H19N3. The average Bonchev–Trinajstić information content (AvgIpc) is 2.38. The van der Waals surface area contributed by atoms with Crippen molar-refractivity contribution in [3.8, 4) is 6.07 Å². The number of likely N-dealkylation sites (N-methyl/N-ethyl adjacent to an activating group) is 1. The van der Waals surface area contributed by atoms with Gasteiger partial charge in [0.2, 0.25) is 0 Å². The van der Waals surface area contributed by atoms with Gasteiger partial charge in [0.05, 0.1) is 18.0 Å². The van der Waals surface area contributed by atoms with E-state index in [0.717, 1.165) is 25.0 Å². The van der Waals surface area contributed by atoms with Gasteiger partial charge in [-0.1, -0.05) is 6.07 Å². The standard InChI is InChI=1S/C17H19N3/c1-11-8-12(2)17-13(4-6-18)14-10-20(3)7-5-15(14)19-16(17)9-11/h8-9H,4-5,7,10H2,1-3H3. The first-order chi connectivity index (χ1) is 9.60. The predicted molar refractivity (Wildman–Crippen MR) is 80.6 cm³/mol. The van der Waals surface area contributed by atoms with Crippen LogP contribution in [0.15, 0.2) is 12.1 Å². The molecule has 1 aromatic heterocycles. The number of benzene rings is 1. The average molecular weight is 265 g/mol. The van der Waals surface area contributed by atoms with Crippen LogP contribution in [-0.2, 0) is 19.4 Å². The molecule has 0 radical (unpaired) electrons. The molecule has 2 aromatic rings. The molecular weight excluding hydrogens is 246 g/mol. The summed E-state index contributed by atoms with van der Waals surface area (Å²) in [6.45, 7) is 6.17. The van der Waals surface area contributed by atoms with Gasteiger partial charge in [-0.15, -0.1) is 0 Å². The Morgan fingerprint density at radius 3 is 2.90 bits per heavy atom. The maximum atomic E-state index is 9.21. The quantitative estimate of drug-likeness (QED) is 0.796. The summed E-state index contributed by atoms with van der Waals surface area (Å²) in [5, 5.41) is 10.4. The number of hydrogen-bond donors (Lipinski definition) is 0. The van der Waals surface area contributed by atoms with Crippen molar-refractivity contribution >= 4 is 10.9 Å². The summed E-state index contributed by atoms with van der Waals surface area (Å²) >= 11 is 0. The summed E-state index contributed by atoms with van der Waals surface area (Å²) in [6, 6.07) is 6.66. The van der Waals surface area contributed by atoms with Gasteiger partial charge in [-0.25, -0.2) is 0 Å². The molecule has 3 rings (SSSR count). The van der Waals surface area contributed by atoms with Crippen LogP contribution in [0.2, 0.25) is 0 Å². The lowest BCUT2D eigenvalue weighted by molar-refractivity contribution is 0.309. The molecule has 2 heterocycles. The largest absolute Gasteiger partial charge is 0.302 e. The van der Waals surface area contributed by atoms with E-state index in [2.05, 4.69) is 44.0 Å². The Bertz CT molecular complexity index is 725. The Morgan fingerprint density at radius 1 is 1.35 bits per heavy atom. The van der Waals surface area contributed by atoms with Crippen LogP contribution in [0.4, 0.5) is 0 Å². The third-order valence-corrected chi connectivity index (χ3v) is 4.14. The summed E-state index contributed by atoms with van der Waals surface area (Å²) in [6.07, 6.45) is 1.45. The molecule has 1 aliphatic rings. The minimum absolute atomic E-state index is 0.471. The predicted octanol–water partition coefficient (Wildman–Crippen LogP) is 2.91. The lowest BCUT2D eigenvalue weighted by atomic mass is 9.91. The van der Waals surface area contributed by atoms with Crippen molar-refractivity contribution < 1.29 is 0 Å². The van der Waals surface area contributed by atoms with Crippen LogP contribution in [0.1, 0.15) is 27.9 Å². The van der Waals surface area contributed by atoms with Crippen molar-refractivity contribution in [3.05, 3.63) is 40.1 Å². The van der Waals surface area contributed by atoms with Gasteiger partial charge in [0, 0.05) is 30.6 Å². The number of aromatic nitrogens is 1. The van der Waals surface area contributed by atoms with Crippen molar-refractivity contribution in [2.45, 2.75) is 33.2 Å². The lowest BCUT2D eigenvalue weighted by Crippen LogP contribution is -2.28. The van der Waals surface area contributed by atoms with Crippen LogP contribution in [-0.4, -0.2) is 23.5 Å². The molecule has 0 atom stereocenters. The molecule has 0 N–H and O–H groups in total. The summed E-state index contributed by atoms with van der Waals surface area (Å²) < 4.78 is 0. The van der Waals surface area contributed by atoms with E-state index in [1.807, 2.05) is 0 Å². The topological polar surface area (TPSA) is 39.9 Å². The summed E-state index contributed by atoms with van der Waals surface area (Å²) in [4.78, 5) is 7.18. The van der Waals surface area contributed by atoms with E-state index in [4.69, 9.17) is 4.98 Å². The summed E-state index contributed by atoms with van der Waals surface area (Å²) in [7, 11) is 2.13. The molecule has 20 heavy (non-hydrogen) atoms. The molecule has 0 saturated heterocycles. The second-order valence-electron chi connectivity index (χ2n) is 5.81. The highest BCUT2D eigenvalue weighted by molar-refractivity contribution is 5.88. The Labute approximate surface area is 119 Å². The summed E-state index contributed by atoms with van der Waals surface area (Å²) in [5.74, 6) is 0. The fraction of sp³-hybridized carbons (Fsp3) is 0.412. The maximum absolute atomic E-state index is 9.21. The first kappa shape index (κ1) is 13.1. The maximum Gasteiger partial charge on any atom is 0.0713 e. The number of fused-ring (bicyclic) bond motifs is 2. The molecule has 0 unspecified atom stereocenters. The monoisotopic (exact) mass is 265 g/mol. The number of rotatable bonds is 1. The first-order valence-corrected chi connectivity index (χ1v) is 7.07. The van der Waals surface area contributed by atoms with E-state index in [9.17, 15) is 5.26 Å². The van der Waals surface area contributed by atoms with Crippen LogP contribution in [0.5, 0.6) is 0 Å². The third-order valence-electron chi connectivity index (χ3n) is 4.14. The normalized spacial score (nSPS) is 15.1. The molecule has 3 heteroatoms. The van der Waals surface area contributed by atoms with Gasteiger partial charge >= 0.3 is 0 Å². The van der Waals surface area contributed by atoms with Gasteiger partial charge in [-0.2, -0.15) is 5.26 Å². The fourth-order valence-corrected chi connectivity index (χ4v) is 3.28. The summed E-state index contributed by atoms with van der Waals surface area (Å²) in [5.41, 5.74) is 7.17. The molecule has 1 aromatic carbocycles. The Hall–Kier alpha value is -1.92. The minimum atomic E-state index is 0.471. The third kappa shape index (κ3) is 2.07. The van der Waals surface area contributed by atoms with E-state index in [0.29, 0.717) is 6.42 Å². The van der Waals surface area contributed by atoms with E-state index >= 15 is 0 Å². The van der Waals surface area contributed by atoms with Crippen molar-refractivity contribution in [2.75, 3.05) is 13.6 Å². The van der Waals surface area contributed by atoms with E-state index < -0.39 is 0 Å². The molecule has 102 valence electrons. The SMILES string of the molecule is Cc1cc(C)c2c(CC#N)c3c(nc2c1)CCN(C)C3. The molecule has 0 bridgehead atoms. The Kier molecular flexibility index (Phi) is 3.19. The van der Waals surface area contributed by atoms with E-state index in [-0.39, 0.29) is 0 Å². The number of hydrogen-bond acceptors (Lipinski definition) is 3. The van der Waals surface area contributed by atoms with Gasteiger partial charge in [0.15, 0.2) is 0 Å². The molecule has 0 saturated carbocycles. The highest BCUT2D eigenvalue weighted by atomic mass is 15.1. The van der Waals surface area contributed by atoms with Crippen molar-refractivity contribution in [3.63, 3.8) is 0 Å². The van der Waals surface area contributed by atoms with Crippen LogP contribution in [0.3, 0.4) is 0 Å². The first-order valence-electron chi connectivity index (χ1n) is 7.07. The molecule has 1 aliphatic heterocycles. The number of aryl methyl sites for hydroxylation is 2. The van der Waals surface area contributed by atoms with Crippen molar-refractivity contribution in [2.24, 2.45) is 0 Å². The second-order valence-corrected chi connectivity index (χ2v) is 5.81. The Morgan fingerprint density at radius 2 is 2.15 bits per heavy atom. The zero-order valence-corrected chi connectivity index (χ0v) is 12.3. The zero-order chi connectivity index (χ0) is 14.3. The van der Waals surface area contributed by atoms with Crippen molar-refractivity contribution in [1.82, 2.24) is 9.88 Å². The smallest absolute Gasteiger partial charge is 0.0713 e. The van der Waals surface area contributed by atoms with Gasteiger partial charge in [0.25, 0.3) is 0 Å². The van der Waals surface area contributed by atoms with Gasteiger partial charge in [0.1, 0.15) is 0 Å². The number of nitrogens with zero attached hydrogens (tertiary/aromatic N) is 3. The number of pyridine rings is 1. The van der Waals surface area contributed by atoms with Crippen LogP contribution in [0, 0.1) is 25.2 Å². The lowest BCUT2D eigenvalue weighted by Gasteiger charge is -2.27. The van der Waals surface area contributed by atoms with Crippen LogP contribution in [0.25, 0.3) is 10.9 Å². The Balaban J connectivity index is 2.36. The number of nitriles is 1. The zero-order valence-electron chi connectivity index (χ0n) is 12.3. The van der Waals surface area contributed by atoms with Crippen LogP contribution < -0.4 is 0 Å². The highest BCUT2D eigenvalue weighted by Crippen LogP contribution is 2.30.